The molecule has 3 rings (SSSR count). The second-order valence-corrected chi connectivity index (χ2v) is 8.15. The molecule has 1 aliphatic heterocycles. The molecule has 8 heteroatoms. The SMILES string of the molecule is CC1(C2CC(Br)=CC=C2F)COS(=O)N1C(=O)OCc1ccccc1. The van der Waals surface area contributed by atoms with Crippen molar-refractivity contribution >= 4 is 33.3 Å². The molecular formula is C17H17BrFNO4S. The Hall–Kier alpha value is -1.51. The molecule has 2 aliphatic rings. The minimum Gasteiger partial charge on any atom is -0.444 e. The van der Waals surface area contributed by atoms with Crippen LogP contribution >= 0.6 is 15.9 Å². The van der Waals surface area contributed by atoms with Crippen LogP contribution in [0, 0.1) is 5.92 Å². The van der Waals surface area contributed by atoms with E-state index in [9.17, 15) is 13.4 Å². The Kier molecular flexibility index (Phi) is 5.41. The molecule has 1 aromatic carbocycles. The largest absolute Gasteiger partial charge is 0.444 e. The highest BCUT2D eigenvalue weighted by Crippen LogP contribution is 2.43. The summed E-state index contributed by atoms with van der Waals surface area (Å²) in [6.45, 7) is 1.66. The van der Waals surface area contributed by atoms with Crippen molar-refractivity contribution in [2.75, 3.05) is 6.61 Å². The molecule has 1 fully saturated rings. The normalized spacial score (nSPS) is 29.2. The van der Waals surface area contributed by atoms with Gasteiger partial charge in [0.1, 0.15) is 12.4 Å². The molecule has 25 heavy (non-hydrogen) atoms. The molecule has 0 radical (unpaired) electrons. The lowest BCUT2D eigenvalue weighted by molar-refractivity contribution is 0.0765. The molecule has 1 aliphatic carbocycles. The molecule has 0 aromatic heterocycles. The fraction of sp³-hybridized carbons (Fsp3) is 0.353. The second-order valence-electron chi connectivity index (χ2n) is 6.09. The summed E-state index contributed by atoms with van der Waals surface area (Å²) in [5, 5.41) is 0. The van der Waals surface area contributed by atoms with E-state index in [1.807, 2.05) is 30.3 Å². The number of halogens is 2. The van der Waals surface area contributed by atoms with Crippen LogP contribution in [0.25, 0.3) is 0 Å². The van der Waals surface area contributed by atoms with E-state index in [2.05, 4.69) is 15.9 Å². The molecule has 3 unspecified atom stereocenters. The van der Waals surface area contributed by atoms with Gasteiger partial charge in [-0.1, -0.05) is 46.3 Å². The molecule has 5 nitrogen and oxygen atoms in total. The van der Waals surface area contributed by atoms with Gasteiger partial charge < -0.3 is 4.74 Å². The lowest BCUT2D eigenvalue weighted by Gasteiger charge is -2.37. The van der Waals surface area contributed by atoms with Gasteiger partial charge in [-0.15, -0.1) is 0 Å². The van der Waals surface area contributed by atoms with Crippen molar-refractivity contribution in [1.29, 1.82) is 0 Å². The van der Waals surface area contributed by atoms with Crippen molar-refractivity contribution < 1.29 is 22.3 Å². The van der Waals surface area contributed by atoms with Gasteiger partial charge >= 0.3 is 6.09 Å². The Morgan fingerprint density at radius 2 is 2.16 bits per heavy atom. The Morgan fingerprint density at radius 3 is 2.88 bits per heavy atom. The van der Waals surface area contributed by atoms with Crippen LogP contribution in [0.4, 0.5) is 9.18 Å². The molecule has 0 saturated carbocycles. The van der Waals surface area contributed by atoms with Gasteiger partial charge in [0.25, 0.3) is 11.3 Å². The smallest absolute Gasteiger partial charge is 0.424 e. The summed E-state index contributed by atoms with van der Waals surface area (Å²) in [7, 11) is 0. The van der Waals surface area contributed by atoms with Gasteiger partial charge in [0.2, 0.25) is 0 Å². The average Bonchev–Trinajstić information content (AvgIpc) is 2.91. The number of rotatable bonds is 3. The summed E-state index contributed by atoms with van der Waals surface area (Å²) in [6.07, 6.45) is 2.53. The van der Waals surface area contributed by atoms with Gasteiger partial charge in [-0.25, -0.2) is 13.4 Å². The van der Waals surface area contributed by atoms with Crippen molar-refractivity contribution in [2.24, 2.45) is 5.92 Å². The van der Waals surface area contributed by atoms with E-state index in [1.54, 1.807) is 13.0 Å². The third-order valence-electron chi connectivity index (χ3n) is 4.34. The first kappa shape index (κ1) is 18.3. The maximum absolute atomic E-state index is 14.4. The summed E-state index contributed by atoms with van der Waals surface area (Å²) in [5.74, 6) is -1.04. The Morgan fingerprint density at radius 1 is 1.44 bits per heavy atom. The number of benzene rings is 1. The molecule has 1 amide bonds. The summed E-state index contributed by atoms with van der Waals surface area (Å²) in [6, 6.07) is 9.15. The van der Waals surface area contributed by atoms with E-state index in [0.29, 0.717) is 6.42 Å². The van der Waals surface area contributed by atoms with Crippen LogP contribution in [-0.4, -0.2) is 26.8 Å². The van der Waals surface area contributed by atoms with Crippen LogP contribution in [0.3, 0.4) is 0 Å². The monoisotopic (exact) mass is 429 g/mol. The number of carbonyl (C=O) groups excluding carboxylic acids is 1. The van der Waals surface area contributed by atoms with E-state index in [4.69, 9.17) is 8.92 Å². The van der Waals surface area contributed by atoms with Crippen molar-refractivity contribution in [3.63, 3.8) is 0 Å². The topological polar surface area (TPSA) is 55.8 Å². The average molecular weight is 430 g/mol. The van der Waals surface area contributed by atoms with E-state index >= 15 is 0 Å². The molecule has 0 N–H and O–H groups in total. The summed E-state index contributed by atoms with van der Waals surface area (Å²) < 4.78 is 38.9. The first-order chi connectivity index (χ1) is 11.9. The quantitative estimate of drug-likeness (QED) is 0.723. The number of amides is 1. The van der Waals surface area contributed by atoms with Crippen molar-refractivity contribution in [3.8, 4) is 0 Å². The summed E-state index contributed by atoms with van der Waals surface area (Å²) >= 11 is 1.34. The highest BCUT2D eigenvalue weighted by molar-refractivity contribution is 9.11. The molecule has 0 spiro atoms. The maximum atomic E-state index is 14.4. The number of carbonyl (C=O) groups is 1. The molecule has 1 heterocycles. The van der Waals surface area contributed by atoms with Crippen molar-refractivity contribution in [2.45, 2.75) is 25.5 Å². The van der Waals surface area contributed by atoms with E-state index < -0.39 is 28.8 Å². The zero-order chi connectivity index (χ0) is 18.0. The van der Waals surface area contributed by atoms with Gasteiger partial charge in [0.05, 0.1) is 12.1 Å². The Labute approximate surface area is 156 Å². The van der Waals surface area contributed by atoms with Crippen LogP contribution in [0.2, 0.25) is 0 Å². The molecule has 1 saturated heterocycles. The fourth-order valence-corrected chi connectivity index (χ4v) is 4.50. The van der Waals surface area contributed by atoms with Crippen LogP contribution in [0.5, 0.6) is 0 Å². The number of nitrogens with zero attached hydrogens (tertiary/aromatic N) is 1. The predicted octanol–water partition coefficient (Wildman–Crippen LogP) is 4.14. The van der Waals surface area contributed by atoms with Crippen LogP contribution in [0.15, 0.2) is 52.8 Å². The molecule has 134 valence electrons. The lowest BCUT2D eigenvalue weighted by Crippen LogP contribution is -2.52. The minimum atomic E-state index is -2.02. The molecule has 3 atom stereocenters. The standard InChI is InChI=1S/C17H17BrFNO4S/c1-17(14-9-13(18)7-8-15(14)19)11-24-25(22)20(17)16(21)23-10-12-5-3-2-4-6-12/h2-8,14H,9-11H2,1H3. The first-order valence-electron chi connectivity index (χ1n) is 7.69. The van der Waals surface area contributed by atoms with E-state index in [0.717, 1.165) is 14.4 Å². The fourth-order valence-electron chi connectivity index (χ4n) is 2.90. The maximum Gasteiger partial charge on any atom is 0.424 e. The lowest BCUT2D eigenvalue weighted by atomic mass is 9.81. The molecular weight excluding hydrogens is 413 g/mol. The van der Waals surface area contributed by atoms with Gasteiger partial charge in [-0.3, -0.25) is 4.18 Å². The highest BCUT2D eigenvalue weighted by Gasteiger charge is 2.54. The van der Waals surface area contributed by atoms with E-state index in [-0.39, 0.29) is 19.0 Å². The zero-order valence-electron chi connectivity index (χ0n) is 13.5. The van der Waals surface area contributed by atoms with Crippen molar-refractivity contribution in [1.82, 2.24) is 4.31 Å². The summed E-state index contributed by atoms with van der Waals surface area (Å²) in [5.41, 5.74) is -0.301. The van der Waals surface area contributed by atoms with Crippen LogP contribution < -0.4 is 0 Å². The van der Waals surface area contributed by atoms with Gasteiger partial charge in [0.15, 0.2) is 0 Å². The van der Waals surface area contributed by atoms with Crippen LogP contribution in [-0.2, 0) is 26.8 Å². The third-order valence-corrected chi connectivity index (χ3v) is 6.11. The molecule has 0 bridgehead atoms. The number of ether oxygens (including phenoxy) is 1. The van der Waals surface area contributed by atoms with Gasteiger partial charge in [-0.2, -0.15) is 4.31 Å². The Bertz CT molecular complexity index is 754. The van der Waals surface area contributed by atoms with Crippen molar-refractivity contribution in [3.05, 3.63) is 58.4 Å². The number of allylic oxidation sites excluding steroid dienone is 3. The third kappa shape index (κ3) is 3.70. The highest BCUT2D eigenvalue weighted by atomic mass is 79.9. The number of hydrogen-bond acceptors (Lipinski definition) is 4. The zero-order valence-corrected chi connectivity index (χ0v) is 15.9. The molecule has 1 aromatic rings. The predicted molar refractivity (Wildman–Crippen MR) is 95.3 cm³/mol. The van der Waals surface area contributed by atoms with Crippen LogP contribution in [0.1, 0.15) is 18.9 Å². The first-order valence-corrected chi connectivity index (χ1v) is 9.52. The number of hydrogen-bond donors (Lipinski definition) is 0. The summed E-state index contributed by atoms with van der Waals surface area (Å²) in [4.78, 5) is 12.5. The Balaban J connectivity index is 1.78. The van der Waals surface area contributed by atoms with Gasteiger partial charge in [0, 0.05) is 5.92 Å². The second kappa shape index (κ2) is 7.39. The van der Waals surface area contributed by atoms with Gasteiger partial charge in [-0.05, 0) is 35.5 Å². The minimum absolute atomic E-state index is 0.0355. The van der Waals surface area contributed by atoms with E-state index in [1.165, 1.54) is 6.08 Å².